The van der Waals surface area contributed by atoms with E-state index in [0.29, 0.717) is 25.1 Å². The monoisotopic (exact) mass is 430 g/mol. The Morgan fingerprint density at radius 2 is 2.11 bits per heavy atom. The van der Waals surface area contributed by atoms with Gasteiger partial charge in [0.2, 0.25) is 5.91 Å². The second kappa shape index (κ2) is 7.93. The largest absolute Gasteiger partial charge is 0.333 e. The summed E-state index contributed by atoms with van der Waals surface area (Å²) in [7, 11) is 0. The first kappa shape index (κ1) is 20.1. The summed E-state index contributed by atoms with van der Waals surface area (Å²) in [5, 5.41) is 1.49. The molecule has 1 saturated heterocycles. The van der Waals surface area contributed by atoms with Gasteiger partial charge in [-0.3, -0.25) is 4.79 Å². The zero-order chi connectivity index (χ0) is 20.0. The Kier molecular flexibility index (Phi) is 5.70. The number of halogens is 3. The zero-order valence-corrected chi connectivity index (χ0v) is 16.8. The summed E-state index contributed by atoms with van der Waals surface area (Å²) in [5.74, 6) is -2.79. The second-order valence-corrected chi connectivity index (χ2v) is 8.77. The van der Waals surface area contributed by atoms with E-state index in [1.807, 2.05) is 6.26 Å². The maximum atomic E-state index is 14.6. The van der Waals surface area contributed by atoms with Crippen LogP contribution in [0.5, 0.6) is 0 Å². The van der Waals surface area contributed by atoms with Gasteiger partial charge in [0.25, 0.3) is 0 Å². The molecule has 0 radical (unpaired) electrons. The fourth-order valence-electron chi connectivity index (χ4n) is 4.24. The summed E-state index contributed by atoms with van der Waals surface area (Å²) in [6.07, 6.45) is 2.23. The molecule has 9 heteroatoms. The van der Waals surface area contributed by atoms with Crippen molar-refractivity contribution in [3.63, 3.8) is 0 Å². The van der Waals surface area contributed by atoms with E-state index < -0.39 is 23.1 Å². The van der Waals surface area contributed by atoms with E-state index in [4.69, 9.17) is 9.92 Å². The van der Waals surface area contributed by atoms with Crippen LogP contribution in [0.4, 0.5) is 13.2 Å². The Balaban J connectivity index is 1.48. The van der Waals surface area contributed by atoms with Crippen LogP contribution >= 0.6 is 23.8 Å². The predicted molar refractivity (Wildman–Crippen MR) is 105 cm³/mol. The third-order valence-electron chi connectivity index (χ3n) is 5.79. The van der Waals surface area contributed by atoms with Crippen LogP contribution in [0.2, 0.25) is 0 Å². The van der Waals surface area contributed by atoms with Gasteiger partial charge in [0.05, 0.1) is 18.2 Å². The summed E-state index contributed by atoms with van der Waals surface area (Å²) >= 11 is 2.16. The number of nitrogens with zero attached hydrogens (tertiary/aromatic N) is 1. The Morgan fingerprint density at radius 3 is 2.75 bits per heavy atom. The third-order valence-corrected chi connectivity index (χ3v) is 7.17. The van der Waals surface area contributed by atoms with E-state index in [9.17, 15) is 18.0 Å². The molecule has 1 aromatic carbocycles. The highest BCUT2D eigenvalue weighted by molar-refractivity contribution is 8.03. The molecule has 0 spiro atoms. The highest BCUT2D eigenvalue weighted by atomic mass is 32.2. The lowest BCUT2D eigenvalue weighted by Crippen LogP contribution is -2.65. The first-order chi connectivity index (χ1) is 13.5. The molecular formula is C19H21F3N2O2S2. The lowest BCUT2D eigenvalue weighted by Gasteiger charge is -2.46. The molecule has 2 aliphatic heterocycles. The molecular weight excluding hydrogens is 409 g/mol. The van der Waals surface area contributed by atoms with Crippen molar-refractivity contribution in [3.8, 4) is 0 Å². The zero-order valence-electron chi connectivity index (χ0n) is 15.2. The van der Waals surface area contributed by atoms with Crippen molar-refractivity contribution in [2.45, 2.75) is 24.1 Å². The number of carbonyl (C=O) groups excluding carboxylic acids is 1. The van der Waals surface area contributed by atoms with Crippen LogP contribution in [0.25, 0.3) is 5.57 Å². The van der Waals surface area contributed by atoms with Crippen LogP contribution < -0.4 is 5.73 Å². The van der Waals surface area contributed by atoms with Crippen LogP contribution in [0.15, 0.2) is 23.6 Å². The summed E-state index contributed by atoms with van der Waals surface area (Å²) < 4.78 is 48.6. The van der Waals surface area contributed by atoms with Crippen molar-refractivity contribution in [3.05, 3.63) is 40.8 Å². The first-order valence-electron chi connectivity index (χ1n) is 9.11. The number of alkyl halides is 1. The van der Waals surface area contributed by atoms with Gasteiger partial charge in [0, 0.05) is 24.6 Å². The number of hydrogen-bond donors (Lipinski definition) is 1. The van der Waals surface area contributed by atoms with E-state index in [1.54, 1.807) is 4.90 Å². The maximum Gasteiger partial charge on any atom is 0.226 e. The van der Waals surface area contributed by atoms with E-state index in [1.165, 1.54) is 35.6 Å². The number of thioether (sulfide) groups is 1. The molecule has 28 heavy (non-hydrogen) atoms. The average Bonchev–Trinajstić information content (AvgIpc) is 3.34. The molecule has 2 N–H and O–H groups in total. The van der Waals surface area contributed by atoms with Gasteiger partial charge in [0.1, 0.15) is 17.7 Å². The minimum atomic E-state index is -1.31. The molecule has 1 saturated carbocycles. The molecule has 1 aliphatic carbocycles. The van der Waals surface area contributed by atoms with Crippen molar-refractivity contribution in [2.24, 2.45) is 23.5 Å². The number of likely N-dealkylation sites (tertiary alicyclic amines) is 1. The van der Waals surface area contributed by atoms with E-state index in [0.717, 1.165) is 11.8 Å². The molecule has 1 aromatic rings. The molecule has 0 aromatic heterocycles. The van der Waals surface area contributed by atoms with Crippen LogP contribution in [-0.2, 0) is 8.98 Å². The van der Waals surface area contributed by atoms with Gasteiger partial charge in [-0.1, -0.05) is 17.8 Å². The maximum absolute atomic E-state index is 14.6. The number of hydrogen-bond acceptors (Lipinski definition) is 5. The van der Waals surface area contributed by atoms with E-state index in [-0.39, 0.29) is 35.5 Å². The van der Waals surface area contributed by atoms with Crippen LogP contribution in [0.3, 0.4) is 0 Å². The van der Waals surface area contributed by atoms with Gasteiger partial charge < -0.3 is 14.8 Å². The summed E-state index contributed by atoms with van der Waals surface area (Å²) in [4.78, 5) is 14.6. The van der Waals surface area contributed by atoms with Gasteiger partial charge in [-0.15, -0.1) is 0 Å². The molecule has 2 heterocycles. The lowest BCUT2D eigenvalue weighted by molar-refractivity contribution is -0.148. The Morgan fingerprint density at radius 1 is 1.39 bits per heavy atom. The molecule has 1 amide bonds. The standard InChI is InChI=1S/C19H21F3N2O2S2/c1-27-26-15-7-24(14(15)6-23)19(25)10-5-9(10)16-11(8-28-18(16)22)17-12(20)3-2-4-13(17)21/h2-4,8-10,14-16,18H,5-7,23H2,1H3/t9?,10?,14-,15?,16?,18?/m1/s1. The first-order valence-corrected chi connectivity index (χ1v) is 11.2. The van der Waals surface area contributed by atoms with Gasteiger partial charge in [-0.25, -0.2) is 13.2 Å². The molecule has 5 unspecified atom stereocenters. The van der Waals surface area contributed by atoms with Crippen LogP contribution in [0.1, 0.15) is 12.0 Å². The van der Waals surface area contributed by atoms with E-state index in [2.05, 4.69) is 0 Å². The third kappa shape index (κ3) is 3.36. The van der Waals surface area contributed by atoms with Crippen LogP contribution in [0, 0.1) is 29.4 Å². The number of allylic oxidation sites excluding steroid dienone is 1. The van der Waals surface area contributed by atoms with Crippen molar-refractivity contribution in [1.29, 1.82) is 0 Å². The Bertz CT molecular complexity index is 789. The van der Waals surface area contributed by atoms with Gasteiger partial charge in [-0.05, 0) is 47.5 Å². The number of benzene rings is 1. The quantitative estimate of drug-likeness (QED) is 0.701. The molecule has 2 fully saturated rings. The Labute approximate surface area is 170 Å². The molecule has 3 aliphatic rings. The fourth-order valence-corrected chi connectivity index (χ4v) is 5.75. The summed E-state index contributed by atoms with van der Waals surface area (Å²) in [6, 6.07) is 3.44. The van der Waals surface area contributed by atoms with Crippen molar-refractivity contribution in [1.82, 2.24) is 4.90 Å². The van der Waals surface area contributed by atoms with Gasteiger partial charge in [0.15, 0.2) is 5.50 Å². The SMILES string of the molecule is CSOC1CN(C(=O)C2CC2C2C(c3c(F)cccc3F)=CSC2F)[C@@H]1CN. The number of nitrogens with two attached hydrogens (primary N) is 1. The van der Waals surface area contributed by atoms with Crippen molar-refractivity contribution >= 4 is 35.3 Å². The number of carbonyl (C=O) groups is 1. The van der Waals surface area contributed by atoms with Crippen molar-refractivity contribution in [2.75, 3.05) is 19.3 Å². The molecule has 4 rings (SSSR count). The van der Waals surface area contributed by atoms with E-state index >= 15 is 0 Å². The minimum Gasteiger partial charge on any atom is -0.333 e. The predicted octanol–water partition coefficient (Wildman–Crippen LogP) is 3.43. The lowest BCUT2D eigenvalue weighted by atomic mass is 9.88. The normalized spacial score (nSPS) is 34.2. The average molecular weight is 431 g/mol. The second-order valence-electron chi connectivity index (χ2n) is 7.28. The summed E-state index contributed by atoms with van der Waals surface area (Å²) in [5.41, 5.74) is 4.59. The van der Waals surface area contributed by atoms with Gasteiger partial charge >= 0.3 is 0 Å². The summed E-state index contributed by atoms with van der Waals surface area (Å²) in [6.45, 7) is 0.763. The highest BCUT2D eigenvalue weighted by Crippen LogP contribution is 2.57. The molecule has 152 valence electrons. The Hall–Kier alpha value is -1.16. The van der Waals surface area contributed by atoms with Gasteiger partial charge in [-0.2, -0.15) is 0 Å². The topological polar surface area (TPSA) is 55.6 Å². The van der Waals surface area contributed by atoms with Crippen molar-refractivity contribution < 1.29 is 22.1 Å². The van der Waals surface area contributed by atoms with Crippen LogP contribution in [-0.4, -0.2) is 47.8 Å². The highest BCUT2D eigenvalue weighted by Gasteiger charge is 2.57. The minimum absolute atomic E-state index is 0.0705. The molecule has 0 bridgehead atoms. The number of rotatable bonds is 6. The smallest absolute Gasteiger partial charge is 0.226 e. The molecule has 6 atom stereocenters. The molecule has 4 nitrogen and oxygen atoms in total. The fraction of sp³-hybridized carbons (Fsp3) is 0.526. The number of amides is 1.